The zero-order valence-corrected chi connectivity index (χ0v) is 31.9. The molecule has 12 heteroatoms. The van der Waals surface area contributed by atoms with E-state index in [4.69, 9.17) is 14.2 Å². The predicted octanol–water partition coefficient (Wildman–Crippen LogP) is 4.72. The topological polar surface area (TPSA) is 135 Å². The number of hydrogen-bond acceptors (Lipinski definition) is 8. The number of amides is 3. The molecule has 3 amide bonds. The maximum atomic E-state index is 15.0. The van der Waals surface area contributed by atoms with E-state index in [9.17, 15) is 19.5 Å². The first-order valence-corrected chi connectivity index (χ1v) is 18.8. The Bertz CT molecular complexity index is 1650. The van der Waals surface area contributed by atoms with Crippen molar-refractivity contribution in [3.8, 4) is 0 Å². The molecule has 0 aliphatic carbocycles. The number of benzene rings is 2. The van der Waals surface area contributed by atoms with Crippen molar-refractivity contribution in [2.75, 3.05) is 31.8 Å². The van der Waals surface area contributed by atoms with Crippen LogP contribution in [0.25, 0.3) is 0 Å². The maximum absolute atomic E-state index is 15.0. The van der Waals surface area contributed by atoms with Gasteiger partial charge in [-0.3, -0.25) is 19.2 Å². The largest absolute Gasteiger partial charge is 0.455 e. The average molecular weight is 781 g/mol. The van der Waals surface area contributed by atoms with Gasteiger partial charge in [-0.1, -0.05) is 77.5 Å². The summed E-state index contributed by atoms with van der Waals surface area (Å²) in [6.07, 6.45) is 2.87. The molecule has 3 fully saturated rings. The summed E-state index contributed by atoms with van der Waals surface area (Å²) in [5.41, 5.74) is 1.74. The van der Waals surface area contributed by atoms with Crippen LogP contribution in [0.5, 0.6) is 0 Å². The molecule has 2 aromatic carbocycles. The van der Waals surface area contributed by atoms with Crippen molar-refractivity contribution in [3.63, 3.8) is 0 Å². The molecule has 2 aromatic rings. The van der Waals surface area contributed by atoms with Gasteiger partial charge in [0.15, 0.2) is 0 Å². The number of hydrogen-bond donors (Lipinski definition) is 2. The van der Waals surface area contributed by atoms with E-state index in [2.05, 4.69) is 34.4 Å². The predicted molar refractivity (Wildman–Crippen MR) is 201 cm³/mol. The third-order valence-corrected chi connectivity index (χ3v) is 11.4. The highest BCUT2D eigenvalue weighted by atomic mass is 79.9. The first-order valence-electron chi connectivity index (χ1n) is 17.9. The van der Waals surface area contributed by atoms with Gasteiger partial charge in [-0.05, 0) is 55.9 Å². The van der Waals surface area contributed by atoms with Gasteiger partial charge in [0.1, 0.15) is 17.7 Å². The normalized spacial score (nSPS) is 26.3. The number of nitrogens with zero attached hydrogens (tertiary/aromatic N) is 2. The monoisotopic (exact) mass is 779 g/mol. The van der Waals surface area contributed by atoms with Gasteiger partial charge in [-0.25, -0.2) is 0 Å². The van der Waals surface area contributed by atoms with E-state index < -0.39 is 59.6 Å². The van der Waals surface area contributed by atoms with E-state index >= 15 is 4.79 Å². The zero-order valence-electron chi connectivity index (χ0n) is 30.3. The highest BCUT2D eigenvalue weighted by Gasteiger charge is 2.77. The Labute approximate surface area is 314 Å². The Balaban J connectivity index is 1.56. The molecule has 3 saturated heterocycles. The second-order valence-corrected chi connectivity index (χ2v) is 15.1. The van der Waals surface area contributed by atoms with Crippen LogP contribution < -0.4 is 10.2 Å². The molecule has 0 radical (unpaired) electrons. The molecule has 5 rings (SSSR count). The summed E-state index contributed by atoms with van der Waals surface area (Å²) in [5, 5.41) is 13.5. The Kier molecular flexibility index (Phi) is 12.8. The standard InChI is InChI=1S/C40H50BrN3O8/c1-7-10-16-31(46)42-29(23-50-6)34(26-14-12-11-13-15-26)51-39(49)32-33-37(47)44(27(9-3)22-45)36(40(33)21-28(41)35(32)52-40)38(48)43(19-8-2)30-20-24(4)17-18-25(30)5/h7-8,11-15,17-18,20,27-29,32-36,45H,1-2,9-10,16,19,21-23H2,3-6H3,(H,42,46)/t27-,28?,29-,32+,33-,34-,35+,36+,40-/m0/s1. The average Bonchev–Trinajstić information content (AvgIpc) is 3.73. The lowest BCUT2D eigenvalue weighted by Gasteiger charge is -2.39. The minimum atomic E-state index is -1.39. The molecule has 2 N–H and O–H groups in total. The third kappa shape index (κ3) is 7.35. The number of alkyl halides is 1. The molecule has 1 spiro atoms. The van der Waals surface area contributed by atoms with Crippen LogP contribution in [-0.2, 0) is 33.4 Å². The van der Waals surface area contributed by atoms with Crippen LogP contribution >= 0.6 is 15.9 Å². The lowest BCUT2D eigenvalue weighted by molar-refractivity contribution is -0.163. The quantitative estimate of drug-likeness (QED) is 0.134. The molecule has 9 atom stereocenters. The fraction of sp³-hybridized carbons (Fsp3) is 0.500. The number of nitrogens with one attached hydrogen (secondary N) is 1. The van der Waals surface area contributed by atoms with Crippen LogP contribution in [0.1, 0.15) is 55.4 Å². The summed E-state index contributed by atoms with van der Waals surface area (Å²) in [7, 11) is 1.50. The van der Waals surface area contributed by atoms with Gasteiger partial charge in [0, 0.05) is 30.6 Å². The van der Waals surface area contributed by atoms with Crippen LogP contribution in [-0.4, -0.2) is 95.2 Å². The number of carbonyl (C=O) groups is 4. The number of fused-ring (bicyclic) bond motifs is 1. The van der Waals surface area contributed by atoms with E-state index in [1.165, 1.54) is 12.0 Å². The lowest BCUT2D eigenvalue weighted by atomic mass is 9.70. The minimum Gasteiger partial charge on any atom is -0.455 e. The number of aryl methyl sites for hydroxylation is 2. The number of rotatable bonds is 17. The molecule has 52 heavy (non-hydrogen) atoms. The summed E-state index contributed by atoms with van der Waals surface area (Å²) in [6, 6.07) is 12.3. The number of allylic oxidation sites excluding steroid dienone is 1. The van der Waals surface area contributed by atoms with Crippen LogP contribution in [0.15, 0.2) is 73.8 Å². The van der Waals surface area contributed by atoms with E-state index in [0.29, 0.717) is 24.1 Å². The molecular weight excluding hydrogens is 730 g/mol. The number of carbonyl (C=O) groups excluding carboxylic acids is 4. The van der Waals surface area contributed by atoms with Gasteiger partial charge in [0.05, 0.1) is 43.2 Å². The Morgan fingerprint density at radius 3 is 2.54 bits per heavy atom. The molecule has 280 valence electrons. The number of halogens is 1. The number of likely N-dealkylation sites (tertiary alicyclic amines) is 1. The first kappa shape index (κ1) is 39.4. The number of esters is 1. The molecule has 2 bridgehead atoms. The highest BCUT2D eigenvalue weighted by Crippen LogP contribution is 2.61. The van der Waals surface area contributed by atoms with Crippen molar-refractivity contribution < 1.29 is 38.5 Å². The summed E-state index contributed by atoms with van der Waals surface area (Å²) in [4.78, 5) is 60.0. The van der Waals surface area contributed by atoms with E-state index in [1.807, 2.05) is 57.2 Å². The molecule has 3 heterocycles. The molecule has 1 unspecified atom stereocenters. The lowest BCUT2D eigenvalue weighted by Crippen LogP contribution is -2.59. The molecule has 0 saturated carbocycles. The van der Waals surface area contributed by atoms with Crippen molar-refractivity contribution in [1.82, 2.24) is 10.2 Å². The molecule has 3 aliphatic rings. The SMILES string of the molecule is C=CCCC(=O)N[C@@H](COC)[C@@H](OC(=O)[C@H]1[C@@H]2O[C@@]3(CC2Br)[C@@H]1C(=O)N([C@@H](CC)CO)[C@@H]3C(=O)N(CC=C)c1cc(C)ccc1C)c1ccccc1. The smallest absolute Gasteiger partial charge is 0.313 e. The van der Waals surface area contributed by atoms with Gasteiger partial charge < -0.3 is 34.4 Å². The summed E-state index contributed by atoms with van der Waals surface area (Å²) in [5.74, 6) is -3.90. The number of anilines is 1. The second-order valence-electron chi connectivity index (χ2n) is 13.9. The van der Waals surface area contributed by atoms with Gasteiger partial charge >= 0.3 is 5.97 Å². The zero-order chi connectivity index (χ0) is 37.7. The Hall–Kier alpha value is -3.84. The van der Waals surface area contributed by atoms with Crippen molar-refractivity contribution >= 4 is 45.3 Å². The fourth-order valence-electron chi connectivity index (χ4n) is 8.14. The second kappa shape index (κ2) is 16.9. The van der Waals surface area contributed by atoms with Crippen LogP contribution in [0.4, 0.5) is 5.69 Å². The van der Waals surface area contributed by atoms with Crippen LogP contribution in [0, 0.1) is 25.7 Å². The van der Waals surface area contributed by atoms with Crippen LogP contribution in [0.2, 0.25) is 0 Å². The van der Waals surface area contributed by atoms with E-state index in [1.54, 1.807) is 29.2 Å². The van der Waals surface area contributed by atoms with Gasteiger partial charge in [-0.2, -0.15) is 0 Å². The first-order chi connectivity index (χ1) is 25.0. The molecule has 11 nitrogen and oxygen atoms in total. The van der Waals surface area contributed by atoms with Crippen molar-refractivity contribution in [2.45, 2.75) is 87.2 Å². The van der Waals surface area contributed by atoms with Crippen molar-refractivity contribution in [1.29, 1.82) is 0 Å². The summed E-state index contributed by atoms with van der Waals surface area (Å²) >= 11 is 3.74. The number of ether oxygens (including phenoxy) is 3. The third-order valence-electron chi connectivity index (χ3n) is 10.5. The van der Waals surface area contributed by atoms with Crippen LogP contribution in [0.3, 0.4) is 0 Å². The fourth-order valence-corrected chi connectivity index (χ4v) is 9.09. The van der Waals surface area contributed by atoms with Gasteiger partial charge in [-0.15, -0.1) is 13.2 Å². The molecule has 0 aromatic heterocycles. The van der Waals surface area contributed by atoms with E-state index in [0.717, 1.165) is 11.1 Å². The summed E-state index contributed by atoms with van der Waals surface area (Å²) < 4.78 is 18.6. The number of aliphatic hydroxyl groups is 1. The number of aliphatic hydroxyl groups excluding tert-OH is 1. The van der Waals surface area contributed by atoms with Gasteiger partial charge in [0.25, 0.3) is 5.91 Å². The minimum absolute atomic E-state index is 0.0428. The Morgan fingerprint density at radius 1 is 1.17 bits per heavy atom. The van der Waals surface area contributed by atoms with Gasteiger partial charge in [0.2, 0.25) is 11.8 Å². The summed E-state index contributed by atoms with van der Waals surface area (Å²) in [6.45, 7) is 13.1. The Morgan fingerprint density at radius 2 is 1.90 bits per heavy atom. The van der Waals surface area contributed by atoms with Crippen molar-refractivity contribution in [2.24, 2.45) is 11.8 Å². The molecular formula is C40H50BrN3O8. The van der Waals surface area contributed by atoms with E-state index in [-0.39, 0.29) is 49.2 Å². The molecule has 3 aliphatic heterocycles. The highest BCUT2D eigenvalue weighted by molar-refractivity contribution is 9.09. The maximum Gasteiger partial charge on any atom is 0.313 e. The number of methoxy groups -OCH3 is 1. The van der Waals surface area contributed by atoms with Crippen molar-refractivity contribution in [3.05, 3.63) is 90.5 Å².